The van der Waals surface area contributed by atoms with Gasteiger partial charge in [-0.25, -0.2) is 18.0 Å². The smallest absolute Gasteiger partial charge is 0.342 e. The number of hydrogen-bond acceptors (Lipinski definition) is 8. The number of methoxy groups -OCH3 is 3. The number of nitrogens with zero attached hydrogens (tertiary/aromatic N) is 1. The van der Waals surface area contributed by atoms with Gasteiger partial charge in [0.25, 0.3) is 5.54 Å². The Kier molecular flexibility index (Phi) is 7.35. The Morgan fingerprint density at radius 3 is 1.89 bits per heavy atom. The highest BCUT2D eigenvalue weighted by Gasteiger charge is 2.71. The third kappa shape index (κ3) is 4.37. The normalized spacial score (nSPS) is 19.2. The van der Waals surface area contributed by atoms with E-state index in [0.717, 1.165) is 24.1 Å². The van der Waals surface area contributed by atoms with Crippen molar-refractivity contribution in [2.45, 2.75) is 29.7 Å². The second-order valence-corrected chi connectivity index (χ2v) is 10.2. The lowest BCUT2D eigenvalue weighted by atomic mass is 9.88. The van der Waals surface area contributed by atoms with Crippen LogP contribution in [0.4, 0.5) is 0 Å². The van der Waals surface area contributed by atoms with Gasteiger partial charge < -0.3 is 18.9 Å². The number of sulfonamides is 1. The Balaban J connectivity index is 2.05. The molecule has 1 aliphatic rings. The van der Waals surface area contributed by atoms with Crippen LogP contribution < -0.4 is 4.74 Å². The molecule has 0 spiro atoms. The van der Waals surface area contributed by atoms with E-state index in [-0.39, 0.29) is 4.90 Å². The number of esters is 2. The highest BCUT2D eigenvalue weighted by atomic mass is 32.2. The zero-order chi connectivity index (χ0) is 26.8. The zero-order valence-corrected chi connectivity index (χ0v) is 21.6. The minimum atomic E-state index is -4.54. The topological polar surface area (TPSA) is 108 Å². The van der Waals surface area contributed by atoms with Crippen molar-refractivity contribution >= 4 is 22.0 Å². The molecule has 0 bridgehead atoms. The van der Waals surface area contributed by atoms with E-state index in [2.05, 4.69) is 0 Å². The SMILES string of the molecule is COC(=O)C1(C(=O)OC)[C@H](c2ccc(OC)cc2)O[C@H](c2ccccc2)N1S(=O)(=O)c1ccc(C)cc1. The monoisotopic (exact) mass is 525 g/mol. The Hall–Kier alpha value is -3.73. The van der Waals surface area contributed by atoms with Gasteiger partial charge in [-0.3, -0.25) is 0 Å². The molecule has 0 amide bonds. The average Bonchev–Trinajstić information content (AvgIpc) is 3.31. The van der Waals surface area contributed by atoms with Crippen LogP contribution in [-0.4, -0.2) is 51.5 Å². The lowest BCUT2D eigenvalue weighted by molar-refractivity contribution is -0.169. The van der Waals surface area contributed by atoms with Crippen LogP contribution in [0.5, 0.6) is 5.75 Å². The van der Waals surface area contributed by atoms with E-state index in [1.54, 1.807) is 66.7 Å². The second kappa shape index (κ2) is 10.3. The number of carbonyl (C=O) groups is 2. The molecule has 4 rings (SSSR count). The van der Waals surface area contributed by atoms with Gasteiger partial charge in [-0.2, -0.15) is 0 Å². The van der Waals surface area contributed by atoms with Gasteiger partial charge in [0.15, 0.2) is 6.23 Å². The molecule has 37 heavy (non-hydrogen) atoms. The predicted octanol–water partition coefficient (Wildman–Crippen LogP) is 3.55. The molecule has 0 radical (unpaired) electrons. The summed E-state index contributed by atoms with van der Waals surface area (Å²) in [5.41, 5.74) is -0.951. The summed E-state index contributed by atoms with van der Waals surface area (Å²) in [6.45, 7) is 1.81. The Morgan fingerprint density at radius 2 is 1.38 bits per heavy atom. The van der Waals surface area contributed by atoms with Crippen molar-refractivity contribution in [3.63, 3.8) is 0 Å². The minimum Gasteiger partial charge on any atom is -0.497 e. The fourth-order valence-corrected chi connectivity index (χ4v) is 6.20. The van der Waals surface area contributed by atoms with Gasteiger partial charge in [0.05, 0.1) is 26.2 Å². The van der Waals surface area contributed by atoms with E-state index in [0.29, 0.717) is 16.9 Å². The molecule has 3 aromatic carbocycles. The van der Waals surface area contributed by atoms with Crippen LogP contribution in [0.25, 0.3) is 0 Å². The largest absolute Gasteiger partial charge is 0.497 e. The maximum absolute atomic E-state index is 14.3. The molecule has 2 atom stereocenters. The van der Waals surface area contributed by atoms with Crippen LogP contribution in [0, 0.1) is 6.92 Å². The van der Waals surface area contributed by atoms with Crippen molar-refractivity contribution in [1.29, 1.82) is 0 Å². The summed E-state index contributed by atoms with van der Waals surface area (Å²) < 4.78 is 51.0. The Bertz CT molecular complexity index is 1360. The first kappa shape index (κ1) is 26.3. The first-order valence-electron chi connectivity index (χ1n) is 11.3. The van der Waals surface area contributed by atoms with Crippen molar-refractivity contribution in [3.8, 4) is 5.75 Å². The van der Waals surface area contributed by atoms with E-state index in [4.69, 9.17) is 18.9 Å². The molecular weight excluding hydrogens is 498 g/mol. The summed E-state index contributed by atoms with van der Waals surface area (Å²) in [7, 11) is -0.899. The highest BCUT2D eigenvalue weighted by molar-refractivity contribution is 7.89. The van der Waals surface area contributed by atoms with Crippen molar-refractivity contribution in [2.75, 3.05) is 21.3 Å². The molecule has 0 aliphatic carbocycles. The van der Waals surface area contributed by atoms with E-state index in [9.17, 15) is 18.0 Å². The van der Waals surface area contributed by atoms with Crippen LogP contribution in [0.1, 0.15) is 29.0 Å². The number of rotatable bonds is 7. The zero-order valence-electron chi connectivity index (χ0n) is 20.8. The van der Waals surface area contributed by atoms with Gasteiger partial charge in [-0.15, -0.1) is 4.31 Å². The molecule has 1 heterocycles. The van der Waals surface area contributed by atoms with Gasteiger partial charge in [-0.05, 0) is 42.3 Å². The molecular formula is C27H27NO8S. The second-order valence-electron chi connectivity index (χ2n) is 8.42. The molecule has 9 nitrogen and oxygen atoms in total. The predicted molar refractivity (Wildman–Crippen MR) is 133 cm³/mol. The highest BCUT2D eigenvalue weighted by Crippen LogP contribution is 2.53. The van der Waals surface area contributed by atoms with Crippen molar-refractivity contribution in [2.24, 2.45) is 0 Å². The number of carbonyl (C=O) groups excluding carboxylic acids is 2. The molecule has 10 heteroatoms. The van der Waals surface area contributed by atoms with E-state index in [1.165, 1.54) is 19.2 Å². The fourth-order valence-electron chi connectivity index (χ4n) is 4.44. The van der Waals surface area contributed by atoms with Gasteiger partial charge in [0.1, 0.15) is 11.9 Å². The number of benzene rings is 3. The summed E-state index contributed by atoms with van der Waals surface area (Å²) >= 11 is 0. The standard InChI is InChI=1S/C27H27NO8S/c1-18-10-16-22(17-11-18)37(31,32)28-24(20-8-6-5-7-9-20)36-23(19-12-14-21(33-2)15-13-19)27(28,25(29)34-3)26(30)35-4/h5-17,23-24H,1-4H3/t23-,24+/m0/s1. The van der Waals surface area contributed by atoms with Crippen LogP contribution in [-0.2, 0) is 33.8 Å². The molecule has 1 fully saturated rings. The maximum Gasteiger partial charge on any atom is 0.342 e. The number of ether oxygens (including phenoxy) is 4. The van der Waals surface area contributed by atoms with Crippen molar-refractivity contribution < 1.29 is 37.0 Å². The van der Waals surface area contributed by atoms with Gasteiger partial charge in [0, 0.05) is 0 Å². The molecule has 1 aliphatic heterocycles. The van der Waals surface area contributed by atoms with Crippen LogP contribution >= 0.6 is 0 Å². The van der Waals surface area contributed by atoms with Gasteiger partial charge >= 0.3 is 11.9 Å². The Morgan fingerprint density at radius 1 is 0.811 bits per heavy atom. The average molecular weight is 526 g/mol. The first-order valence-corrected chi connectivity index (χ1v) is 12.8. The van der Waals surface area contributed by atoms with Crippen molar-refractivity contribution in [1.82, 2.24) is 4.31 Å². The lowest BCUT2D eigenvalue weighted by Gasteiger charge is -2.35. The fraction of sp³-hybridized carbons (Fsp3) is 0.259. The van der Waals surface area contributed by atoms with Gasteiger partial charge in [0.2, 0.25) is 10.0 Å². The van der Waals surface area contributed by atoms with E-state index >= 15 is 0 Å². The van der Waals surface area contributed by atoms with E-state index < -0.39 is 39.8 Å². The van der Waals surface area contributed by atoms with Crippen LogP contribution in [0.3, 0.4) is 0 Å². The number of hydrogen-bond donors (Lipinski definition) is 0. The van der Waals surface area contributed by atoms with Crippen LogP contribution in [0.2, 0.25) is 0 Å². The first-order chi connectivity index (χ1) is 17.7. The maximum atomic E-state index is 14.3. The Labute approximate surface area is 215 Å². The summed E-state index contributed by atoms with van der Waals surface area (Å²) in [6.07, 6.45) is -2.78. The number of aryl methyl sites for hydroxylation is 1. The summed E-state index contributed by atoms with van der Waals surface area (Å²) in [6, 6.07) is 21.0. The summed E-state index contributed by atoms with van der Waals surface area (Å²) in [5.74, 6) is -1.77. The van der Waals surface area contributed by atoms with Crippen LogP contribution in [0.15, 0.2) is 83.8 Å². The van der Waals surface area contributed by atoms with Crippen molar-refractivity contribution in [3.05, 3.63) is 95.6 Å². The molecule has 0 N–H and O–H groups in total. The summed E-state index contributed by atoms with van der Waals surface area (Å²) in [5, 5.41) is 0. The lowest BCUT2D eigenvalue weighted by Crippen LogP contribution is -2.62. The molecule has 194 valence electrons. The minimum absolute atomic E-state index is 0.129. The summed E-state index contributed by atoms with van der Waals surface area (Å²) in [4.78, 5) is 27.1. The van der Waals surface area contributed by atoms with Gasteiger partial charge in [-0.1, -0.05) is 60.2 Å². The third-order valence-electron chi connectivity index (χ3n) is 6.28. The molecule has 0 unspecified atom stereocenters. The molecule has 3 aromatic rings. The molecule has 1 saturated heterocycles. The molecule has 0 saturated carbocycles. The quantitative estimate of drug-likeness (QED) is 0.340. The third-order valence-corrected chi connectivity index (χ3v) is 8.14. The van der Waals surface area contributed by atoms with E-state index in [1.807, 2.05) is 6.92 Å². The molecule has 0 aromatic heterocycles.